The van der Waals surface area contributed by atoms with Gasteiger partial charge in [-0.05, 0) is 12.1 Å². The Morgan fingerprint density at radius 3 is 2.00 bits per heavy atom. The second kappa shape index (κ2) is 7.50. The molecule has 0 bridgehead atoms. The van der Waals surface area contributed by atoms with Crippen molar-refractivity contribution in [2.45, 2.75) is 11.8 Å². The van der Waals surface area contributed by atoms with E-state index in [2.05, 4.69) is 15.9 Å². The average Bonchev–Trinajstić information content (AvgIpc) is 2.07. The molecule has 0 spiro atoms. The highest BCUT2D eigenvalue weighted by Gasteiger charge is 1.90. The Morgan fingerprint density at radius 1 is 1.33 bits per heavy atom. The summed E-state index contributed by atoms with van der Waals surface area (Å²) in [6, 6.07) is 9.40. The van der Waals surface area contributed by atoms with E-state index in [9.17, 15) is 4.21 Å². The Hall–Kier alpha value is -0.150. The number of hydrogen-bond acceptors (Lipinski definition) is 1. The highest BCUT2D eigenvalue weighted by molar-refractivity contribution is 9.09. The van der Waals surface area contributed by atoms with Crippen molar-refractivity contribution >= 4 is 26.7 Å². The second-order valence-electron chi connectivity index (χ2n) is 2.03. The largest absolute Gasteiger partial charge is 0.255 e. The number of rotatable bonds is 1. The van der Waals surface area contributed by atoms with Gasteiger partial charge in [0.2, 0.25) is 0 Å². The summed E-state index contributed by atoms with van der Waals surface area (Å²) in [5.74, 6) is 0. The van der Waals surface area contributed by atoms with Gasteiger partial charge in [-0.2, -0.15) is 0 Å². The van der Waals surface area contributed by atoms with Gasteiger partial charge in [-0.3, -0.25) is 4.21 Å². The van der Waals surface area contributed by atoms with E-state index >= 15 is 0 Å². The fraction of sp³-hybridized carbons (Fsp3) is 0.333. The lowest BCUT2D eigenvalue weighted by molar-refractivity contribution is 0.687. The summed E-state index contributed by atoms with van der Waals surface area (Å²) in [5, 5.41) is 1.06. The molecule has 1 aromatic carbocycles. The van der Waals surface area contributed by atoms with E-state index in [0.717, 1.165) is 10.2 Å². The van der Waals surface area contributed by atoms with E-state index in [1.807, 2.05) is 37.3 Å². The maximum Gasteiger partial charge on any atom is 0.0498 e. The molecule has 0 saturated carbocycles. The lowest BCUT2D eigenvalue weighted by Crippen LogP contribution is -1.83. The third-order valence-corrected chi connectivity index (χ3v) is 2.01. The normalized spacial score (nSPS) is 11.2. The Balaban J connectivity index is 0.000000354. The molecule has 1 unspecified atom stereocenters. The van der Waals surface area contributed by atoms with E-state index in [0.29, 0.717) is 0 Å². The molecule has 0 aromatic heterocycles. The van der Waals surface area contributed by atoms with Crippen LogP contribution in [0.2, 0.25) is 0 Å². The van der Waals surface area contributed by atoms with Crippen LogP contribution in [-0.2, 0) is 10.8 Å². The topological polar surface area (TPSA) is 17.1 Å². The summed E-state index contributed by atoms with van der Waals surface area (Å²) in [6.45, 7) is 2.04. The minimum atomic E-state index is -0.829. The number of benzene rings is 1. The number of alkyl halides is 1. The van der Waals surface area contributed by atoms with Crippen molar-refractivity contribution in [2.24, 2.45) is 0 Å². The summed E-state index contributed by atoms with van der Waals surface area (Å²) in [6.07, 6.45) is 1.68. The molecule has 0 fully saturated rings. The standard InChI is InChI=1S/C7H8OS.C2H5Br/c1-9(8)7-5-3-2-4-6-7;1-2-3/h2-6H,1H3;2H2,1H3. The smallest absolute Gasteiger partial charge is 0.0498 e. The van der Waals surface area contributed by atoms with Crippen molar-refractivity contribution in [1.29, 1.82) is 0 Å². The SMILES string of the molecule is CCBr.CS(=O)c1ccccc1. The lowest BCUT2D eigenvalue weighted by Gasteiger charge is -1.90. The fourth-order valence-corrected chi connectivity index (χ4v) is 1.15. The third kappa shape index (κ3) is 5.49. The molecule has 12 heavy (non-hydrogen) atoms. The molecule has 68 valence electrons. The van der Waals surface area contributed by atoms with Gasteiger partial charge in [0.1, 0.15) is 0 Å². The second-order valence-corrected chi connectivity index (χ2v) is 4.54. The fourth-order valence-electron chi connectivity index (χ4n) is 0.612. The summed E-state index contributed by atoms with van der Waals surface area (Å²) < 4.78 is 10.8. The molecule has 0 aliphatic carbocycles. The van der Waals surface area contributed by atoms with Crippen LogP contribution in [0.5, 0.6) is 0 Å². The van der Waals surface area contributed by atoms with Gasteiger partial charge in [0.15, 0.2) is 0 Å². The van der Waals surface area contributed by atoms with Gasteiger partial charge in [0, 0.05) is 27.3 Å². The van der Waals surface area contributed by atoms with Gasteiger partial charge in [-0.25, -0.2) is 0 Å². The van der Waals surface area contributed by atoms with Crippen molar-refractivity contribution in [3.63, 3.8) is 0 Å². The Kier molecular flexibility index (Phi) is 7.40. The van der Waals surface area contributed by atoms with Gasteiger partial charge in [-0.15, -0.1) is 0 Å². The predicted molar refractivity (Wildman–Crippen MR) is 58.2 cm³/mol. The minimum Gasteiger partial charge on any atom is -0.255 e. The highest BCUT2D eigenvalue weighted by Crippen LogP contribution is 2.01. The van der Waals surface area contributed by atoms with Crippen molar-refractivity contribution in [3.8, 4) is 0 Å². The number of halogens is 1. The van der Waals surface area contributed by atoms with Crippen LogP contribution in [0.25, 0.3) is 0 Å². The van der Waals surface area contributed by atoms with Crippen LogP contribution < -0.4 is 0 Å². The first kappa shape index (κ1) is 11.8. The molecule has 0 saturated heterocycles. The summed E-state index contributed by atoms with van der Waals surface area (Å²) in [4.78, 5) is 0.887. The monoisotopic (exact) mass is 248 g/mol. The quantitative estimate of drug-likeness (QED) is 0.699. The molecule has 0 heterocycles. The van der Waals surface area contributed by atoms with E-state index < -0.39 is 10.8 Å². The van der Waals surface area contributed by atoms with Crippen LogP contribution in [0, 0.1) is 0 Å². The van der Waals surface area contributed by atoms with E-state index in [4.69, 9.17) is 0 Å². The molecule has 0 aliphatic heterocycles. The first-order valence-electron chi connectivity index (χ1n) is 3.66. The lowest BCUT2D eigenvalue weighted by atomic mass is 10.4. The van der Waals surface area contributed by atoms with Crippen LogP contribution in [0.1, 0.15) is 6.92 Å². The van der Waals surface area contributed by atoms with Crippen molar-refractivity contribution in [2.75, 3.05) is 11.6 Å². The average molecular weight is 249 g/mol. The molecule has 0 N–H and O–H groups in total. The molecular formula is C9H13BrOS. The summed E-state index contributed by atoms with van der Waals surface area (Å²) in [5.41, 5.74) is 0. The van der Waals surface area contributed by atoms with E-state index in [1.165, 1.54) is 0 Å². The van der Waals surface area contributed by atoms with Crippen molar-refractivity contribution < 1.29 is 4.21 Å². The van der Waals surface area contributed by atoms with E-state index in [-0.39, 0.29) is 0 Å². The zero-order chi connectivity index (χ0) is 9.40. The Bertz CT molecular complexity index is 223. The maximum absolute atomic E-state index is 10.8. The molecule has 3 heteroatoms. The molecule has 1 nitrogen and oxygen atoms in total. The van der Waals surface area contributed by atoms with Crippen molar-refractivity contribution in [3.05, 3.63) is 30.3 Å². The van der Waals surface area contributed by atoms with Crippen LogP contribution in [0.15, 0.2) is 35.2 Å². The molecule has 1 aromatic rings. The molecule has 0 radical (unpaired) electrons. The zero-order valence-corrected chi connectivity index (χ0v) is 9.69. The molecular weight excluding hydrogens is 236 g/mol. The summed E-state index contributed by atoms with van der Waals surface area (Å²) in [7, 11) is -0.829. The van der Waals surface area contributed by atoms with Gasteiger partial charge < -0.3 is 0 Å². The van der Waals surface area contributed by atoms with Gasteiger partial charge in [0.25, 0.3) is 0 Å². The molecule has 1 atom stereocenters. The first-order valence-corrected chi connectivity index (χ1v) is 6.34. The maximum atomic E-state index is 10.8. The predicted octanol–water partition coefficient (Wildman–Crippen LogP) is 2.83. The third-order valence-electron chi connectivity index (χ3n) is 1.08. The van der Waals surface area contributed by atoms with Gasteiger partial charge in [-0.1, -0.05) is 41.1 Å². The van der Waals surface area contributed by atoms with Crippen LogP contribution in [-0.4, -0.2) is 15.8 Å². The van der Waals surface area contributed by atoms with Crippen LogP contribution >= 0.6 is 15.9 Å². The highest BCUT2D eigenvalue weighted by atomic mass is 79.9. The van der Waals surface area contributed by atoms with Crippen molar-refractivity contribution in [1.82, 2.24) is 0 Å². The minimum absolute atomic E-state index is 0.829. The number of hydrogen-bond donors (Lipinski definition) is 0. The Labute approximate surface area is 84.8 Å². The van der Waals surface area contributed by atoms with Gasteiger partial charge in [0.05, 0.1) is 0 Å². The van der Waals surface area contributed by atoms with E-state index in [1.54, 1.807) is 6.26 Å². The summed E-state index contributed by atoms with van der Waals surface area (Å²) >= 11 is 3.15. The Morgan fingerprint density at radius 2 is 1.75 bits per heavy atom. The first-order chi connectivity index (χ1) is 5.72. The molecule has 0 aliphatic rings. The molecule has 1 rings (SSSR count). The molecule has 0 amide bonds. The zero-order valence-electron chi connectivity index (χ0n) is 7.29. The van der Waals surface area contributed by atoms with Crippen LogP contribution in [0.4, 0.5) is 0 Å². The van der Waals surface area contributed by atoms with Crippen LogP contribution in [0.3, 0.4) is 0 Å². The van der Waals surface area contributed by atoms with Gasteiger partial charge >= 0.3 is 0 Å².